The third-order valence-electron chi connectivity index (χ3n) is 4.18. The predicted molar refractivity (Wildman–Crippen MR) is 60.4 cm³/mol. The van der Waals surface area contributed by atoms with Crippen molar-refractivity contribution in [3.8, 4) is 0 Å². The SMILES string of the molecule is C1COC(C(C2CCCO2)C2CCCO2)C1. The minimum absolute atomic E-state index is 0.395. The van der Waals surface area contributed by atoms with Gasteiger partial charge < -0.3 is 14.2 Å². The first-order valence-corrected chi connectivity index (χ1v) is 6.80. The van der Waals surface area contributed by atoms with Crippen LogP contribution in [0.1, 0.15) is 38.5 Å². The second-order valence-corrected chi connectivity index (χ2v) is 5.23. The molecule has 0 spiro atoms. The number of rotatable bonds is 3. The number of hydrogen-bond acceptors (Lipinski definition) is 3. The Labute approximate surface area is 97.4 Å². The molecule has 16 heavy (non-hydrogen) atoms. The van der Waals surface area contributed by atoms with Gasteiger partial charge >= 0.3 is 0 Å². The van der Waals surface area contributed by atoms with E-state index in [1.165, 1.54) is 38.5 Å². The van der Waals surface area contributed by atoms with Gasteiger partial charge in [-0.2, -0.15) is 0 Å². The highest BCUT2D eigenvalue weighted by Gasteiger charge is 2.41. The summed E-state index contributed by atoms with van der Waals surface area (Å²) in [5.41, 5.74) is 0. The van der Waals surface area contributed by atoms with E-state index in [1.54, 1.807) is 0 Å². The molecule has 3 heterocycles. The summed E-state index contributed by atoms with van der Waals surface area (Å²) in [6.45, 7) is 2.79. The first-order valence-electron chi connectivity index (χ1n) is 6.80. The summed E-state index contributed by atoms with van der Waals surface area (Å²) in [5.74, 6) is 0.493. The molecule has 0 saturated carbocycles. The van der Waals surface area contributed by atoms with E-state index in [1.807, 2.05) is 0 Å². The quantitative estimate of drug-likeness (QED) is 0.738. The highest BCUT2D eigenvalue weighted by Crippen LogP contribution is 2.36. The lowest BCUT2D eigenvalue weighted by atomic mass is 9.86. The summed E-state index contributed by atoms with van der Waals surface area (Å²) >= 11 is 0. The monoisotopic (exact) mass is 226 g/mol. The molecular formula is C13H22O3. The molecule has 3 heteroatoms. The first kappa shape index (κ1) is 11.0. The van der Waals surface area contributed by atoms with Crippen molar-refractivity contribution in [2.45, 2.75) is 56.8 Å². The fraction of sp³-hybridized carbons (Fsp3) is 1.00. The summed E-state index contributed by atoms with van der Waals surface area (Å²) in [6, 6.07) is 0. The summed E-state index contributed by atoms with van der Waals surface area (Å²) in [6.07, 6.45) is 8.41. The van der Waals surface area contributed by atoms with E-state index in [2.05, 4.69) is 0 Å². The van der Waals surface area contributed by atoms with Gasteiger partial charge in [0, 0.05) is 25.7 Å². The van der Waals surface area contributed by atoms with Crippen molar-refractivity contribution in [1.82, 2.24) is 0 Å². The lowest BCUT2D eigenvalue weighted by molar-refractivity contribution is -0.0795. The van der Waals surface area contributed by atoms with E-state index in [4.69, 9.17) is 14.2 Å². The Hall–Kier alpha value is -0.120. The molecule has 0 amide bonds. The van der Waals surface area contributed by atoms with E-state index in [-0.39, 0.29) is 0 Å². The maximum Gasteiger partial charge on any atom is 0.0653 e. The minimum Gasteiger partial charge on any atom is -0.378 e. The number of hydrogen-bond donors (Lipinski definition) is 0. The smallest absolute Gasteiger partial charge is 0.0653 e. The van der Waals surface area contributed by atoms with Gasteiger partial charge in [-0.3, -0.25) is 0 Å². The normalized spacial score (nSPS) is 41.6. The van der Waals surface area contributed by atoms with Crippen LogP contribution in [0.3, 0.4) is 0 Å². The molecule has 92 valence electrons. The van der Waals surface area contributed by atoms with E-state index in [0.717, 1.165) is 19.8 Å². The Kier molecular flexibility index (Phi) is 3.46. The fourth-order valence-electron chi connectivity index (χ4n) is 3.44. The van der Waals surface area contributed by atoms with Crippen molar-refractivity contribution in [2.24, 2.45) is 5.92 Å². The molecule has 0 aromatic carbocycles. The highest BCUT2D eigenvalue weighted by molar-refractivity contribution is 4.90. The Morgan fingerprint density at radius 3 is 1.25 bits per heavy atom. The number of ether oxygens (including phenoxy) is 3. The van der Waals surface area contributed by atoms with Crippen LogP contribution in [0.5, 0.6) is 0 Å². The summed E-state index contributed by atoms with van der Waals surface area (Å²) in [5, 5.41) is 0. The van der Waals surface area contributed by atoms with Crippen LogP contribution in [0.15, 0.2) is 0 Å². The van der Waals surface area contributed by atoms with Gasteiger partial charge in [-0.1, -0.05) is 0 Å². The van der Waals surface area contributed by atoms with Gasteiger partial charge in [0.1, 0.15) is 0 Å². The van der Waals surface area contributed by atoms with Crippen LogP contribution in [-0.4, -0.2) is 38.1 Å². The van der Waals surface area contributed by atoms with Gasteiger partial charge in [0.25, 0.3) is 0 Å². The summed E-state index contributed by atoms with van der Waals surface area (Å²) in [7, 11) is 0. The zero-order valence-electron chi connectivity index (χ0n) is 9.90. The summed E-state index contributed by atoms with van der Waals surface area (Å²) < 4.78 is 17.6. The predicted octanol–water partition coefficient (Wildman–Crippen LogP) is 2.14. The largest absolute Gasteiger partial charge is 0.378 e. The van der Waals surface area contributed by atoms with Crippen molar-refractivity contribution >= 4 is 0 Å². The molecule has 0 aromatic rings. The third-order valence-corrected chi connectivity index (χ3v) is 4.18. The molecule has 0 N–H and O–H groups in total. The fourth-order valence-corrected chi connectivity index (χ4v) is 3.44. The van der Waals surface area contributed by atoms with Gasteiger partial charge in [0.05, 0.1) is 18.3 Å². The molecule has 3 rings (SSSR count). The maximum absolute atomic E-state index is 5.88. The van der Waals surface area contributed by atoms with Crippen molar-refractivity contribution in [3.63, 3.8) is 0 Å². The molecule has 3 aliphatic heterocycles. The molecule has 0 aromatic heterocycles. The van der Waals surface area contributed by atoms with Crippen molar-refractivity contribution in [3.05, 3.63) is 0 Å². The second-order valence-electron chi connectivity index (χ2n) is 5.23. The average Bonchev–Trinajstić information content (AvgIpc) is 3.02. The Morgan fingerprint density at radius 1 is 0.625 bits per heavy atom. The Morgan fingerprint density at radius 2 is 1.00 bits per heavy atom. The second kappa shape index (κ2) is 5.03. The molecule has 0 radical (unpaired) electrons. The standard InChI is InChI=1S/C13H22O3/c1-4-10(14-7-1)13(11-5-2-8-15-11)12-6-3-9-16-12/h10-13H,1-9H2. The highest BCUT2D eigenvalue weighted by atomic mass is 16.5. The Bertz CT molecular complexity index is 175. The van der Waals surface area contributed by atoms with Crippen LogP contribution < -0.4 is 0 Å². The molecule has 3 unspecified atom stereocenters. The van der Waals surface area contributed by atoms with Crippen LogP contribution in [0, 0.1) is 5.92 Å². The zero-order valence-corrected chi connectivity index (χ0v) is 9.90. The molecule has 0 bridgehead atoms. The Balaban J connectivity index is 1.70. The van der Waals surface area contributed by atoms with Crippen LogP contribution in [0.2, 0.25) is 0 Å². The summed E-state index contributed by atoms with van der Waals surface area (Å²) in [4.78, 5) is 0. The molecular weight excluding hydrogens is 204 g/mol. The van der Waals surface area contributed by atoms with E-state index < -0.39 is 0 Å². The average molecular weight is 226 g/mol. The molecule has 3 atom stereocenters. The molecule has 0 aliphatic carbocycles. The molecule has 3 aliphatic rings. The van der Waals surface area contributed by atoms with Gasteiger partial charge in [-0.25, -0.2) is 0 Å². The minimum atomic E-state index is 0.395. The molecule has 3 saturated heterocycles. The zero-order chi connectivity index (χ0) is 10.8. The van der Waals surface area contributed by atoms with Gasteiger partial charge in [0.15, 0.2) is 0 Å². The van der Waals surface area contributed by atoms with Crippen molar-refractivity contribution in [2.75, 3.05) is 19.8 Å². The lowest BCUT2D eigenvalue weighted by Crippen LogP contribution is -2.40. The topological polar surface area (TPSA) is 27.7 Å². The van der Waals surface area contributed by atoms with Crippen LogP contribution in [0.4, 0.5) is 0 Å². The van der Waals surface area contributed by atoms with E-state index in [0.29, 0.717) is 24.2 Å². The van der Waals surface area contributed by atoms with Crippen molar-refractivity contribution < 1.29 is 14.2 Å². The molecule has 3 fully saturated rings. The van der Waals surface area contributed by atoms with Gasteiger partial charge in [-0.05, 0) is 38.5 Å². The first-order chi connectivity index (χ1) is 7.95. The van der Waals surface area contributed by atoms with Gasteiger partial charge in [0.2, 0.25) is 0 Å². The van der Waals surface area contributed by atoms with E-state index in [9.17, 15) is 0 Å². The lowest BCUT2D eigenvalue weighted by Gasteiger charge is -2.32. The van der Waals surface area contributed by atoms with E-state index >= 15 is 0 Å². The van der Waals surface area contributed by atoms with Gasteiger partial charge in [-0.15, -0.1) is 0 Å². The van der Waals surface area contributed by atoms with Crippen LogP contribution in [-0.2, 0) is 14.2 Å². The molecule has 3 nitrogen and oxygen atoms in total. The van der Waals surface area contributed by atoms with Crippen molar-refractivity contribution in [1.29, 1.82) is 0 Å². The maximum atomic E-state index is 5.88. The third kappa shape index (κ3) is 2.13. The van der Waals surface area contributed by atoms with Crippen LogP contribution in [0.25, 0.3) is 0 Å². The van der Waals surface area contributed by atoms with Crippen LogP contribution >= 0.6 is 0 Å².